The van der Waals surface area contributed by atoms with Crippen LogP contribution >= 0.6 is 39.1 Å². The first-order valence-electron chi connectivity index (χ1n) is 5.51. The fourth-order valence-electron chi connectivity index (χ4n) is 1.70. The van der Waals surface area contributed by atoms with Gasteiger partial charge in [-0.2, -0.15) is 0 Å². The van der Waals surface area contributed by atoms with E-state index in [0.717, 1.165) is 4.47 Å². The highest BCUT2D eigenvalue weighted by atomic mass is 79.9. The molecule has 0 aromatic heterocycles. The fourth-order valence-corrected chi connectivity index (χ4v) is 4.28. The maximum atomic E-state index is 12.4. The van der Waals surface area contributed by atoms with Crippen LogP contribution in [-0.4, -0.2) is 8.42 Å². The lowest BCUT2D eigenvalue weighted by Gasteiger charge is -2.09. The fraction of sp³-hybridized carbons (Fsp3) is 0.0769. The highest BCUT2D eigenvalue weighted by Gasteiger charge is 2.20. The van der Waals surface area contributed by atoms with Crippen molar-refractivity contribution in [2.45, 2.75) is 10.6 Å². The first-order valence-corrected chi connectivity index (χ1v) is 8.71. The maximum Gasteiger partial charge on any atom is 0.184 e. The topological polar surface area (TPSA) is 60.2 Å². The molecule has 2 aromatic rings. The van der Waals surface area contributed by atoms with E-state index in [4.69, 9.17) is 28.9 Å². The minimum absolute atomic E-state index is 0.00832. The lowest BCUT2D eigenvalue weighted by molar-refractivity contribution is 0.595. The first-order chi connectivity index (χ1) is 9.29. The monoisotopic (exact) mass is 393 g/mol. The second-order valence-electron chi connectivity index (χ2n) is 4.18. The van der Waals surface area contributed by atoms with E-state index in [9.17, 15) is 8.42 Å². The molecule has 0 aliphatic rings. The average molecular weight is 395 g/mol. The lowest BCUT2D eigenvalue weighted by atomic mass is 10.2. The zero-order valence-corrected chi connectivity index (χ0v) is 14.0. The van der Waals surface area contributed by atoms with Gasteiger partial charge in [-0.3, -0.25) is 0 Å². The van der Waals surface area contributed by atoms with Gasteiger partial charge in [0.1, 0.15) is 0 Å². The Morgan fingerprint density at radius 2 is 1.80 bits per heavy atom. The van der Waals surface area contributed by atoms with Gasteiger partial charge < -0.3 is 5.73 Å². The standard InChI is InChI=1S/C13H10BrCl2NO2S/c14-9-2-1-8(12(17)5-9)7-20(18,19)13-6-10(15)3-4-11(13)16/h1-6H,7,17H2. The summed E-state index contributed by atoms with van der Waals surface area (Å²) in [5.41, 5.74) is 6.74. The molecule has 0 saturated heterocycles. The van der Waals surface area contributed by atoms with Crippen molar-refractivity contribution < 1.29 is 8.42 Å². The molecule has 3 nitrogen and oxygen atoms in total. The molecule has 0 fully saturated rings. The van der Waals surface area contributed by atoms with Crippen molar-refractivity contribution in [2.75, 3.05) is 5.73 Å². The van der Waals surface area contributed by atoms with Crippen molar-refractivity contribution in [3.05, 3.63) is 56.5 Å². The number of hydrogen-bond donors (Lipinski definition) is 1. The van der Waals surface area contributed by atoms with Gasteiger partial charge in [-0.15, -0.1) is 0 Å². The summed E-state index contributed by atoms with van der Waals surface area (Å²) in [6.45, 7) is 0. The average Bonchev–Trinajstić information content (AvgIpc) is 2.35. The third kappa shape index (κ3) is 3.47. The lowest BCUT2D eigenvalue weighted by Crippen LogP contribution is -2.07. The molecule has 0 amide bonds. The molecular formula is C13H10BrCl2NO2S. The number of benzene rings is 2. The summed E-state index contributed by atoms with van der Waals surface area (Å²) in [4.78, 5) is 0.00832. The van der Waals surface area contributed by atoms with Crippen LogP contribution in [0.25, 0.3) is 0 Å². The van der Waals surface area contributed by atoms with Gasteiger partial charge >= 0.3 is 0 Å². The van der Waals surface area contributed by atoms with Crippen LogP contribution in [0.1, 0.15) is 5.56 Å². The zero-order valence-electron chi connectivity index (χ0n) is 10.1. The third-order valence-corrected chi connectivity index (χ3v) is 5.55. The molecule has 2 aromatic carbocycles. The Balaban J connectivity index is 2.43. The second kappa shape index (κ2) is 5.93. The molecular weight excluding hydrogens is 385 g/mol. The van der Waals surface area contributed by atoms with E-state index < -0.39 is 9.84 Å². The van der Waals surface area contributed by atoms with Gasteiger partial charge in [0.05, 0.1) is 15.7 Å². The van der Waals surface area contributed by atoms with E-state index in [1.54, 1.807) is 18.2 Å². The second-order valence-corrected chi connectivity index (χ2v) is 7.89. The Labute approximate surface area is 135 Å². The van der Waals surface area contributed by atoms with Crippen molar-refractivity contribution in [3.8, 4) is 0 Å². The Bertz CT molecular complexity index is 763. The molecule has 7 heteroatoms. The van der Waals surface area contributed by atoms with Crippen molar-refractivity contribution in [1.29, 1.82) is 0 Å². The number of sulfone groups is 1. The van der Waals surface area contributed by atoms with Gasteiger partial charge in [0.2, 0.25) is 0 Å². The van der Waals surface area contributed by atoms with Crippen LogP contribution in [0, 0.1) is 0 Å². The number of nitrogen functional groups attached to an aromatic ring is 1. The molecule has 0 bridgehead atoms. The molecule has 106 valence electrons. The molecule has 2 N–H and O–H groups in total. The normalized spacial score (nSPS) is 11.6. The highest BCUT2D eigenvalue weighted by molar-refractivity contribution is 9.10. The summed E-state index contributed by atoms with van der Waals surface area (Å²) in [6, 6.07) is 9.40. The van der Waals surface area contributed by atoms with Gasteiger partial charge in [0.25, 0.3) is 0 Å². The summed E-state index contributed by atoms with van der Waals surface area (Å²) in [7, 11) is -3.61. The smallest absolute Gasteiger partial charge is 0.184 e. The van der Waals surface area contributed by atoms with E-state index in [0.29, 0.717) is 16.3 Å². The summed E-state index contributed by atoms with van der Waals surface area (Å²) in [6.07, 6.45) is 0. The predicted octanol–water partition coefficient (Wildman–Crippen LogP) is 4.31. The summed E-state index contributed by atoms with van der Waals surface area (Å²) in [5, 5.41) is 0.460. The Morgan fingerprint density at radius 3 is 2.45 bits per heavy atom. The molecule has 0 radical (unpaired) electrons. The van der Waals surface area contributed by atoms with Crippen LogP contribution in [0.5, 0.6) is 0 Å². The van der Waals surface area contributed by atoms with Crippen molar-refractivity contribution in [2.24, 2.45) is 0 Å². The number of rotatable bonds is 3. The van der Waals surface area contributed by atoms with E-state index in [1.165, 1.54) is 18.2 Å². The van der Waals surface area contributed by atoms with Gasteiger partial charge in [-0.25, -0.2) is 8.42 Å². The molecule has 20 heavy (non-hydrogen) atoms. The van der Waals surface area contributed by atoms with Crippen LogP contribution in [0.4, 0.5) is 5.69 Å². The van der Waals surface area contributed by atoms with Crippen LogP contribution < -0.4 is 5.73 Å². The number of nitrogens with two attached hydrogens (primary N) is 1. The summed E-state index contributed by atoms with van der Waals surface area (Å²) >= 11 is 15.0. The largest absolute Gasteiger partial charge is 0.398 e. The molecule has 0 heterocycles. The minimum atomic E-state index is -3.61. The van der Waals surface area contributed by atoms with Gasteiger partial charge in [-0.1, -0.05) is 45.2 Å². The van der Waals surface area contributed by atoms with Crippen LogP contribution in [0.15, 0.2) is 45.8 Å². The van der Waals surface area contributed by atoms with Crippen molar-refractivity contribution in [1.82, 2.24) is 0 Å². The van der Waals surface area contributed by atoms with Gasteiger partial charge in [-0.05, 0) is 35.9 Å². The quantitative estimate of drug-likeness (QED) is 0.789. The molecule has 0 aliphatic heterocycles. The van der Waals surface area contributed by atoms with E-state index in [1.807, 2.05) is 0 Å². The van der Waals surface area contributed by atoms with E-state index >= 15 is 0 Å². The molecule has 2 rings (SSSR count). The minimum Gasteiger partial charge on any atom is -0.398 e. The molecule has 0 saturated carbocycles. The van der Waals surface area contributed by atoms with Gasteiger partial charge in [0.15, 0.2) is 9.84 Å². The predicted molar refractivity (Wildman–Crippen MR) is 85.9 cm³/mol. The maximum absolute atomic E-state index is 12.4. The number of halogens is 3. The SMILES string of the molecule is Nc1cc(Br)ccc1CS(=O)(=O)c1cc(Cl)ccc1Cl. The Hall–Kier alpha value is -0.750. The van der Waals surface area contributed by atoms with E-state index in [-0.39, 0.29) is 15.7 Å². The summed E-state index contributed by atoms with van der Waals surface area (Å²) < 4.78 is 25.6. The van der Waals surface area contributed by atoms with Gasteiger partial charge in [0, 0.05) is 15.2 Å². The Kier molecular flexibility index (Phi) is 4.64. The Morgan fingerprint density at radius 1 is 1.10 bits per heavy atom. The molecule has 0 spiro atoms. The zero-order chi connectivity index (χ0) is 14.9. The van der Waals surface area contributed by atoms with E-state index in [2.05, 4.69) is 15.9 Å². The third-order valence-electron chi connectivity index (χ3n) is 2.68. The summed E-state index contributed by atoms with van der Waals surface area (Å²) in [5.74, 6) is -0.230. The highest BCUT2D eigenvalue weighted by Crippen LogP contribution is 2.29. The number of anilines is 1. The first kappa shape index (κ1) is 15.6. The molecule has 0 aliphatic carbocycles. The number of hydrogen-bond acceptors (Lipinski definition) is 3. The van der Waals surface area contributed by atoms with Crippen molar-refractivity contribution >= 4 is 54.7 Å². The molecule has 0 unspecified atom stereocenters. The van der Waals surface area contributed by atoms with Crippen LogP contribution in [0.3, 0.4) is 0 Å². The van der Waals surface area contributed by atoms with Crippen molar-refractivity contribution in [3.63, 3.8) is 0 Å². The molecule has 0 atom stereocenters. The van der Waals surface area contributed by atoms with Crippen LogP contribution in [-0.2, 0) is 15.6 Å². The van der Waals surface area contributed by atoms with Crippen LogP contribution in [0.2, 0.25) is 10.0 Å².